The molecule has 1 saturated carbocycles. The average molecular weight is 260 g/mol. The minimum atomic E-state index is 0.307. The van der Waals surface area contributed by atoms with Crippen molar-refractivity contribution >= 4 is 0 Å². The van der Waals surface area contributed by atoms with E-state index in [-0.39, 0.29) is 0 Å². The number of nitrogens with two attached hydrogens (primary N) is 1. The Labute approximate surface area is 117 Å². The molecule has 0 aromatic heterocycles. The van der Waals surface area contributed by atoms with Crippen LogP contribution in [0.4, 0.5) is 0 Å². The van der Waals surface area contributed by atoms with Gasteiger partial charge < -0.3 is 11.1 Å². The van der Waals surface area contributed by atoms with Gasteiger partial charge in [-0.25, -0.2) is 0 Å². The molecule has 106 valence electrons. The molecule has 0 saturated heterocycles. The van der Waals surface area contributed by atoms with Gasteiger partial charge in [0.05, 0.1) is 0 Å². The second kappa shape index (κ2) is 7.06. The van der Waals surface area contributed by atoms with Crippen molar-refractivity contribution in [1.29, 1.82) is 0 Å². The SMILES string of the molecule is Cc1cc(C)cc(C(CN)NC2CCCCCC2)c1. The molecule has 1 unspecified atom stereocenters. The minimum absolute atomic E-state index is 0.307. The molecule has 2 rings (SSSR count). The molecular formula is C17H28N2. The Morgan fingerprint density at radius 1 is 1.05 bits per heavy atom. The van der Waals surface area contributed by atoms with Crippen molar-refractivity contribution in [3.05, 3.63) is 34.9 Å². The standard InChI is InChI=1S/C17H28N2/c1-13-9-14(2)11-15(10-13)17(12-18)19-16-7-5-3-4-6-8-16/h9-11,16-17,19H,3-8,12,18H2,1-2H3. The third kappa shape index (κ3) is 4.32. The van der Waals surface area contributed by atoms with Crippen LogP contribution in [0.15, 0.2) is 18.2 Å². The fourth-order valence-corrected chi connectivity index (χ4v) is 3.24. The summed E-state index contributed by atoms with van der Waals surface area (Å²) in [5, 5.41) is 3.79. The van der Waals surface area contributed by atoms with E-state index in [2.05, 4.69) is 37.4 Å². The Balaban J connectivity index is 2.05. The van der Waals surface area contributed by atoms with Crippen molar-refractivity contribution in [2.24, 2.45) is 5.73 Å². The van der Waals surface area contributed by atoms with Crippen molar-refractivity contribution in [2.75, 3.05) is 6.54 Å². The summed E-state index contributed by atoms with van der Waals surface area (Å²) in [6.07, 6.45) is 8.14. The van der Waals surface area contributed by atoms with Crippen molar-refractivity contribution < 1.29 is 0 Å². The molecule has 1 aromatic rings. The average Bonchev–Trinajstić information content (AvgIpc) is 2.63. The Kier molecular flexibility index (Phi) is 5.41. The smallest absolute Gasteiger partial charge is 0.0446 e. The summed E-state index contributed by atoms with van der Waals surface area (Å²) in [4.78, 5) is 0. The molecule has 0 heterocycles. The van der Waals surface area contributed by atoms with Gasteiger partial charge >= 0.3 is 0 Å². The van der Waals surface area contributed by atoms with E-state index >= 15 is 0 Å². The van der Waals surface area contributed by atoms with Gasteiger partial charge in [0.2, 0.25) is 0 Å². The normalized spacial score (nSPS) is 19.1. The quantitative estimate of drug-likeness (QED) is 0.812. The maximum absolute atomic E-state index is 6.00. The van der Waals surface area contributed by atoms with Gasteiger partial charge in [-0.1, -0.05) is 55.0 Å². The van der Waals surface area contributed by atoms with Gasteiger partial charge in [0.1, 0.15) is 0 Å². The van der Waals surface area contributed by atoms with Gasteiger partial charge in [0.15, 0.2) is 0 Å². The maximum atomic E-state index is 6.00. The summed E-state index contributed by atoms with van der Waals surface area (Å²) in [5.74, 6) is 0. The Hall–Kier alpha value is -0.860. The first-order chi connectivity index (χ1) is 9.19. The molecule has 2 heteroatoms. The summed E-state index contributed by atoms with van der Waals surface area (Å²) < 4.78 is 0. The summed E-state index contributed by atoms with van der Waals surface area (Å²) in [5.41, 5.74) is 10.0. The van der Waals surface area contributed by atoms with Crippen LogP contribution in [0, 0.1) is 13.8 Å². The Bertz CT molecular complexity index is 372. The van der Waals surface area contributed by atoms with E-state index in [0.717, 1.165) is 0 Å². The van der Waals surface area contributed by atoms with Gasteiger partial charge in [-0.05, 0) is 32.3 Å². The molecular weight excluding hydrogens is 232 g/mol. The maximum Gasteiger partial charge on any atom is 0.0446 e. The van der Waals surface area contributed by atoms with E-state index in [0.29, 0.717) is 18.6 Å². The van der Waals surface area contributed by atoms with Crippen LogP contribution in [-0.4, -0.2) is 12.6 Å². The number of benzene rings is 1. The van der Waals surface area contributed by atoms with Gasteiger partial charge in [-0.15, -0.1) is 0 Å². The number of nitrogens with one attached hydrogen (secondary N) is 1. The topological polar surface area (TPSA) is 38.0 Å². The molecule has 0 aliphatic heterocycles. The van der Waals surface area contributed by atoms with Crippen molar-refractivity contribution in [3.63, 3.8) is 0 Å². The molecule has 3 N–H and O–H groups in total. The highest BCUT2D eigenvalue weighted by atomic mass is 15.0. The zero-order valence-corrected chi connectivity index (χ0v) is 12.4. The molecule has 1 aliphatic rings. The lowest BCUT2D eigenvalue weighted by Gasteiger charge is -2.25. The summed E-state index contributed by atoms with van der Waals surface area (Å²) in [6.45, 7) is 5.00. The highest BCUT2D eigenvalue weighted by Crippen LogP contribution is 2.22. The van der Waals surface area contributed by atoms with Crippen LogP contribution in [0.3, 0.4) is 0 Å². The van der Waals surface area contributed by atoms with E-state index < -0.39 is 0 Å². The van der Waals surface area contributed by atoms with Crippen LogP contribution in [-0.2, 0) is 0 Å². The van der Waals surface area contributed by atoms with Crippen molar-refractivity contribution in [2.45, 2.75) is 64.5 Å². The predicted molar refractivity (Wildman–Crippen MR) is 82.3 cm³/mol. The summed E-state index contributed by atoms with van der Waals surface area (Å²) in [6, 6.07) is 7.73. The highest BCUT2D eigenvalue weighted by molar-refractivity contribution is 5.31. The van der Waals surface area contributed by atoms with E-state index in [4.69, 9.17) is 5.73 Å². The van der Waals surface area contributed by atoms with Gasteiger partial charge in [0.25, 0.3) is 0 Å². The molecule has 0 amide bonds. The highest BCUT2D eigenvalue weighted by Gasteiger charge is 2.17. The fourth-order valence-electron chi connectivity index (χ4n) is 3.24. The first-order valence-corrected chi connectivity index (χ1v) is 7.73. The van der Waals surface area contributed by atoms with Gasteiger partial charge in [0, 0.05) is 18.6 Å². The van der Waals surface area contributed by atoms with Crippen LogP contribution >= 0.6 is 0 Å². The molecule has 0 radical (unpaired) electrons. The zero-order valence-electron chi connectivity index (χ0n) is 12.4. The summed E-state index contributed by atoms with van der Waals surface area (Å²) in [7, 11) is 0. The largest absolute Gasteiger partial charge is 0.329 e. The Morgan fingerprint density at radius 3 is 2.16 bits per heavy atom. The number of hydrogen-bond acceptors (Lipinski definition) is 2. The van der Waals surface area contributed by atoms with E-state index in [9.17, 15) is 0 Å². The molecule has 1 aliphatic carbocycles. The summed E-state index contributed by atoms with van der Waals surface area (Å²) >= 11 is 0. The van der Waals surface area contributed by atoms with E-state index in [1.54, 1.807) is 0 Å². The Morgan fingerprint density at radius 2 is 1.63 bits per heavy atom. The van der Waals surface area contributed by atoms with Crippen LogP contribution in [0.1, 0.15) is 61.3 Å². The number of hydrogen-bond donors (Lipinski definition) is 2. The van der Waals surface area contributed by atoms with Crippen molar-refractivity contribution in [3.8, 4) is 0 Å². The van der Waals surface area contributed by atoms with E-state index in [1.807, 2.05) is 0 Å². The second-order valence-corrected chi connectivity index (χ2v) is 6.06. The van der Waals surface area contributed by atoms with Crippen LogP contribution in [0.5, 0.6) is 0 Å². The van der Waals surface area contributed by atoms with Crippen LogP contribution in [0.25, 0.3) is 0 Å². The van der Waals surface area contributed by atoms with Crippen LogP contribution < -0.4 is 11.1 Å². The van der Waals surface area contributed by atoms with Gasteiger partial charge in [-0.3, -0.25) is 0 Å². The minimum Gasteiger partial charge on any atom is -0.329 e. The number of aryl methyl sites for hydroxylation is 2. The fraction of sp³-hybridized carbons (Fsp3) is 0.647. The second-order valence-electron chi connectivity index (χ2n) is 6.06. The number of rotatable bonds is 4. The molecule has 0 bridgehead atoms. The first-order valence-electron chi connectivity index (χ1n) is 7.73. The lowest BCUT2D eigenvalue weighted by atomic mass is 9.99. The zero-order chi connectivity index (χ0) is 13.7. The van der Waals surface area contributed by atoms with Crippen molar-refractivity contribution in [1.82, 2.24) is 5.32 Å². The first kappa shape index (κ1) is 14.5. The molecule has 19 heavy (non-hydrogen) atoms. The molecule has 1 fully saturated rings. The van der Waals surface area contributed by atoms with E-state index in [1.165, 1.54) is 55.2 Å². The lowest BCUT2D eigenvalue weighted by molar-refractivity contribution is 0.402. The lowest BCUT2D eigenvalue weighted by Crippen LogP contribution is -2.36. The molecule has 1 aromatic carbocycles. The predicted octanol–water partition coefficient (Wildman–Crippen LogP) is 3.62. The molecule has 1 atom stereocenters. The monoisotopic (exact) mass is 260 g/mol. The third-order valence-electron chi connectivity index (χ3n) is 4.17. The third-order valence-corrected chi connectivity index (χ3v) is 4.17. The molecule has 0 spiro atoms. The van der Waals surface area contributed by atoms with Crippen LogP contribution in [0.2, 0.25) is 0 Å². The van der Waals surface area contributed by atoms with Gasteiger partial charge in [-0.2, -0.15) is 0 Å². The molecule has 2 nitrogen and oxygen atoms in total.